The third-order valence-electron chi connectivity index (χ3n) is 4.08. The van der Waals surface area contributed by atoms with E-state index in [1.54, 1.807) is 22.5 Å². The van der Waals surface area contributed by atoms with Crippen LogP contribution in [0.25, 0.3) is 0 Å². The number of rotatable bonds is 6. The first-order valence-corrected chi connectivity index (χ1v) is 10.4. The molecule has 2 heterocycles. The van der Waals surface area contributed by atoms with Gasteiger partial charge in [0.2, 0.25) is 11.8 Å². The van der Waals surface area contributed by atoms with Crippen molar-refractivity contribution < 1.29 is 9.59 Å². The highest BCUT2D eigenvalue weighted by Crippen LogP contribution is 2.35. The van der Waals surface area contributed by atoms with Gasteiger partial charge in [-0.3, -0.25) is 9.59 Å². The van der Waals surface area contributed by atoms with Gasteiger partial charge in [0.15, 0.2) is 4.34 Å². The van der Waals surface area contributed by atoms with Crippen LogP contribution in [0.1, 0.15) is 26.7 Å². The van der Waals surface area contributed by atoms with Crippen molar-refractivity contribution in [3.63, 3.8) is 0 Å². The lowest BCUT2D eigenvalue weighted by atomic mass is 10.0. The van der Waals surface area contributed by atoms with Gasteiger partial charge in [0.1, 0.15) is 11.6 Å². The Morgan fingerprint density at radius 1 is 1.42 bits per heavy atom. The van der Waals surface area contributed by atoms with E-state index in [4.69, 9.17) is 11.6 Å². The zero-order valence-electron chi connectivity index (χ0n) is 14.4. The Bertz CT molecular complexity index is 798. The van der Waals surface area contributed by atoms with Crippen LogP contribution in [0.2, 0.25) is 5.02 Å². The molecular formula is C17H19ClN4O2S2. The predicted molar refractivity (Wildman–Crippen MR) is 104 cm³/mol. The maximum atomic E-state index is 12.8. The van der Waals surface area contributed by atoms with Crippen molar-refractivity contribution in [2.75, 3.05) is 11.9 Å². The Balaban J connectivity index is 1.71. The largest absolute Gasteiger partial charge is 0.330 e. The third kappa shape index (κ3) is 4.36. The van der Waals surface area contributed by atoms with Gasteiger partial charge in [-0.1, -0.05) is 48.5 Å². The molecule has 1 aliphatic heterocycles. The molecule has 3 rings (SSSR count). The molecule has 1 saturated heterocycles. The van der Waals surface area contributed by atoms with Gasteiger partial charge in [-0.15, -0.1) is 10.2 Å². The number of anilines is 1. The second-order valence-corrected chi connectivity index (χ2v) is 8.85. The molecule has 6 nitrogen and oxygen atoms in total. The van der Waals surface area contributed by atoms with Gasteiger partial charge in [-0.2, -0.15) is 0 Å². The van der Waals surface area contributed by atoms with E-state index in [-0.39, 0.29) is 17.7 Å². The van der Waals surface area contributed by atoms with Crippen molar-refractivity contribution >= 4 is 52.2 Å². The lowest BCUT2D eigenvalue weighted by Gasteiger charge is -2.29. The van der Waals surface area contributed by atoms with E-state index in [2.05, 4.69) is 15.5 Å². The van der Waals surface area contributed by atoms with Crippen molar-refractivity contribution in [3.05, 3.63) is 28.7 Å². The molecule has 1 aliphatic rings. The number of hydrogen-bond donors (Lipinski definition) is 1. The summed E-state index contributed by atoms with van der Waals surface area (Å²) in [6.45, 7) is 4.53. The highest BCUT2D eigenvalue weighted by molar-refractivity contribution is 8.01. The quantitative estimate of drug-likeness (QED) is 0.780. The molecule has 1 aromatic carbocycles. The van der Waals surface area contributed by atoms with Gasteiger partial charge in [0.25, 0.3) is 0 Å². The zero-order valence-corrected chi connectivity index (χ0v) is 16.8. The molecule has 0 spiro atoms. The van der Waals surface area contributed by atoms with Crippen LogP contribution in [0.4, 0.5) is 5.69 Å². The normalized spacial score (nSPS) is 15.5. The van der Waals surface area contributed by atoms with E-state index in [0.29, 0.717) is 23.7 Å². The zero-order chi connectivity index (χ0) is 18.7. The van der Waals surface area contributed by atoms with Gasteiger partial charge < -0.3 is 10.2 Å². The number of halogens is 1. The van der Waals surface area contributed by atoms with Crippen molar-refractivity contribution in [1.29, 1.82) is 0 Å². The van der Waals surface area contributed by atoms with Crippen molar-refractivity contribution in [2.24, 2.45) is 5.92 Å². The molecule has 1 fully saturated rings. The molecule has 0 aliphatic carbocycles. The summed E-state index contributed by atoms with van der Waals surface area (Å²) < 4.78 is 0.802. The molecular weight excluding hydrogens is 392 g/mol. The summed E-state index contributed by atoms with van der Waals surface area (Å²) in [7, 11) is 0. The molecule has 2 aromatic rings. The van der Waals surface area contributed by atoms with Gasteiger partial charge >= 0.3 is 0 Å². The standard InChI is InChI=1S/C17H19ClN4O2S2/c1-10(2)15(22-7-3-4-14(22)23)16(24)20-11-5-6-13(12(18)8-11)26-17-21-19-9-25-17/h5-6,8-10,15H,3-4,7H2,1-2H3,(H,20,24). The molecule has 138 valence electrons. The molecule has 1 aromatic heterocycles. The van der Waals surface area contributed by atoms with Crippen molar-refractivity contribution in [3.8, 4) is 0 Å². The van der Waals surface area contributed by atoms with E-state index < -0.39 is 6.04 Å². The van der Waals surface area contributed by atoms with Crippen molar-refractivity contribution in [1.82, 2.24) is 15.1 Å². The Hall–Kier alpha value is -1.64. The molecule has 0 bridgehead atoms. The van der Waals surface area contributed by atoms with E-state index >= 15 is 0 Å². The fourth-order valence-electron chi connectivity index (χ4n) is 2.95. The van der Waals surface area contributed by atoms with Gasteiger partial charge in [0.05, 0.1) is 5.02 Å². The fraction of sp³-hybridized carbons (Fsp3) is 0.412. The van der Waals surface area contributed by atoms with E-state index in [1.165, 1.54) is 23.1 Å². The smallest absolute Gasteiger partial charge is 0.247 e. The first-order chi connectivity index (χ1) is 12.5. The van der Waals surface area contributed by atoms with E-state index in [0.717, 1.165) is 15.7 Å². The maximum Gasteiger partial charge on any atom is 0.247 e. The molecule has 0 saturated carbocycles. The number of hydrogen-bond acceptors (Lipinski definition) is 6. The van der Waals surface area contributed by atoms with Crippen LogP contribution in [0.3, 0.4) is 0 Å². The van der Waals surface area contributed by atoms with Gasteiger partial charge in [-0.25, -0.2) is 0 Å². The molecule has 1 N–H and O–H groups in total. The number of benzene rings is 1. The average Bonchev–Trinajstić information content (AvgIpc) is 3.22. The van der Waals surface area contributed by atoms with E-state index in [1.807, 2.05) is 19.9 Å². The van der Waals surface area contributed by atoms with Crippen LogP contribution in [-0.2, 0) is 9.59 Å². The number of carbonyl (C=O) groups is 2. The van der Waals surface area contributed by atoms with Crippen LogP contribution in [0.5, 0.6) is 0 Å². The minimum atomic E-state index is -0.473. The first-order valence-electron chi connectivity index (χ1n) is 8.29. The minimum Gasteiger partial charge on any atom is -0.330 e. The summed E-state index contributed by atoms with van der Waals surface area (Å²) in [5.41, 5.74) is 2.27. The monoisotopic (exact) mass is 410 g/mol. The van der Waals surface area contributed by atoms with Crippen LogP contribution in [0.15, 0.2) is 32.9 Å². The molecule has 2 amide bonds. The average molecular weight is 411 g/mol. The number of nitrogens with one attached hydrogen (secondary N) is 1. The molecule has 0 radical (unpaired) electrons. The lowest BCUT2D eigenvalue weighted by molar-refractivity contribution is -0.136. The summed E-state index contributed by atoms with van der Waals surface area (Å²) >= 11 is 9.21. The van der Waals surface area contributed by atoms with Crippen LogP contribution < -0.4 is 5.32 Å². The predicted octanol–water partition coefficient (Wildman–Crippen LogP) is 3.93. The SMILES string of the molecule is CC(C)C(C(=O)Nc1ccc(Sc2nncs2)c(Cl)c1)N1CCCC1=O. The third-order valence-corrected chi connectivity index (χ3v) is 6.36. The first kappa shape index (κ1) is 19.1. The minimum absolute atomic E-state index is 0.0275. The summed E-state index contributed by atoms with van der Waals surface area (Å²) in [4.78, 5) is 27.3. The number of nitrogens with zero attached hydrogens (tertiary/aromatic N) is 3. The summed E-state index contributed by atoms with van der Waals surface area (Å²) in [6.07, 6.45) is 1.32. The number of likely N-dealkylation sites (tertiary alicyclic amines) is 1. The number of aromatic nitrogens is 2. The van der Waals surface area contributed by atoms with Crippen LogP contribution >= 0.6 is 34.7 Å². The molecule has 1 atom stereocenters. The van der Waals surface area contributed by atoms with Crippen LogP contribution in [0, 0.1) is 5.92 Å². The molecule has 26 heavy (non-hydrogen) atoms. The second kappa shape index (κ2) is 8.37. The molecule has 9 heteroatoms. The number of amides is 2. The summed E-state index contributed by atoms with van der Waals surface area (Å²) in [5, 5.41) is 11.2. The highest BCUT2D eigenvalue weighted by Gasteiger charge is 2.34. The number of carbonyl (C=O) groups excluding carboxylic acids is 2. The second-order valence-electron chi connectivity index (χ2n) is 6.32. The lowest BCUT2D eigenvalue weighted by Crippen LogP contribution is -2.47. The van der Waals surface area contributed by atoms with Gasteiger partial charge in [-0.05, 0) is 30.5 Å². The highest BCUT2D eigenvalue weighted by atomic mass is 35.5. The summed E-state index contributed by atoms with van der Waals surface area (Å²) in [6, 6.07) is 4.89. The van der Waals surface area contributed by atoms with Crippen molar-refractivity contribution in [2.45, 2.75) is 42.0 Å². The topological polar surface area (TPSA) is 75.2 Å². The Labute approximate surface area is 165 Å². The summed E-state index contributed by atoms with van der Waals surface area (Å²) in [5.74, 6) is -0.115. The Morgan fingerprint density at radius 3 is 2.81 bits per heavy atom. The van der Waals surface area contributed by atoms with Gasteiger partial charge in [0, 0.05) is 23.5 Å². The Kier molecular flexibility index (Phi) is 6.16. The maximum absolute atomic E-state index is 12.8. The Morgan fingerprint density at radius 2 is 2.23 bits per heavy atom. The molecule has 1 unspecified atom stereocenters. The fourth-order valence-corrected chi connectivity index (χ4v) is 4.68. The van der Waals surface area contributed by atoms with Crippen LogP contribution in [-0.4, -0.2) is 39.5 Å². The van der Waals surface area contributed by atoms with E-state index in [9.17, 15) is 9.59 Å².